The van der Waals surface area contributed by atoms with Crippen molar-refractivity contribution >= 4 is 18.8 Å². The molecule has 0 aromatic rings. The summed E-state index contributed by atoms with van der Waals surface area (Å²) < 4.78 is 0. The molecule has 0 saturated heterocycles. The van der Waals surface area contributed by atoms with Crippen molar-refractivity contribution in [2.24, 2.45) is 0 Å². The first-order chi connectivity index (χ1) is 1.91. The van der Waals surface area contributed by atoms with E-state index in [0.717, 1.165) is 0 Å². The van der Waals surface area contributed by atoms with Crippen LogP contribution in [-0.2, 0) is 0 Å². The normalized spacial score (nSPS) is 11.2. The smallest absolute Gasteiger partial charge is 0.0355 e. The fourth-order valence-corrected chi connectivity index (χ4v) is 0. The van der Waals surface area contributed by atoms with Crippen LogP contribution in [0.4, 0.5) is 0 Å². The molecule has 0 rings (SSSR count). The lowest BCUT2D eigenvalue weighted by atomic mass is 11.7. The second-order valence-corrected chi connectivity index (χ2v) is 5.17. The molecule has 0 aromatic carbocycles. The summed E-state index contributed by atoms with van der Waals surface area (Å²) in [6.07, 6.45) is 0.520. The summed E-state index contributed by atoms with van der Waals surface area (Å²) in [5.74, 6) is 0. The minimum Gasteiger partial charge on any atom is -0.401 e. The van der Waals surface area contributed by atoms with Crippen molar-refractivity contribution in [1.82, 2.24) is 0 Å². The third kappa shape index (κ3) is 2.39. The molecule has 0 amide bonds. The van der Waals surface area contributed by atoms with Crippen LogP contribution in [-0.4, -0.2) is 30.1 Å². The van der Waals surface area contributed by atoms with Crippen molar-refractivity contribution in [1.29, 1.82) is 0 Å². The molecule has 4 heavy (non-hydrogen) atoms. The van der Waals surface area contributed by atoms with Crippen molar-refractivity contribution in [3.05, 3.63) is 0 Å². The maximum Gasteiger partial charge on any atom is 0.0355 e. The molecule has 0 unspecified atom stereocenters. The molecule has 0 spiro atoms. The quantitative estimate of drug-likeness (QED) is 0.351. The lowest BCUT2D eigenvalue weighted by Crippen LogP contribution is -1.93. The van der Waals surface area contributed by atoms with Gasteiger partial charge in [0.1, 0.15) is 0 Å². The van der Waals surface area contributed by atoms with Gasteiger partial charge in [0.15, 0.2) is 0 Å². The van der Waals surface area contributed by atoms with Gasteiger partial charge in [-0.3, -0.25) is 0 Å². The molecule has 26 valence electrons. The van der Waals surface area contributed by atoms with Gasteiger partial charge >= 0.3 is 0 Å². The molecule has 0 saturated carbocycles. The average molecular weight is 92.2 g/mol. The molecule has 1 N–H and O–H groups in total. The van der Waals surface area contributed by atoms with E-state index in [4.69, 9.17) is 5.11 Å². The highest BCUT2D eigenvalue weighted by Crippen LogP contribution is 1.32. The highest BCUT2D eigenvalue weighted by atomic mass is 29.1. The lowest BCUT2D eigenvalue weighted by Gasteiger charge is -1.67. The monoisotopic (exact) mass is 92.0 g/mol. The zero-order chi connectivity index (χ0) is 3.41. The molecule has 0 fully saturated rings. The zero-order valence-corrected chi connectivity index (χ0v) is 6.28. The first kappa shape index (κ1) is 4.39. The molecular weight excluding hydrogens is 84.2 g/mol. The highest BCUT2D eigenvalue weighted by molar-refractivity contribution is 6.89. The highest BCUT2D eigenvalue weighted by Gasteiger charge is 1.60. The summed E-state index contributed by atoms with van der Waals surface area (Å²) in [6, 6.07) is 0. The van der Waals surface area contributed by atoms with Gasteiger partial charge in [-0.25, -0.2) is 0 Å². The topological polar surface area (TPSA) is 20.2 Å². The fourth-order valence-electron chi connectivity index (χ4n) is 0. The van der Waals surface area contributed by atoms with Gasteiger partial charge in [0.2, 0.25) is 0 Å². The molecule has 3 heteroatoms. The van der Waals surface area contributed by atoms with E-state index in [1.165, 1.54) is 9.76 Å². The largest absolute Gasteiger partial charge is 0.401 e. The Morgan fingerprint density at radius 3 is 2.25 bits per heavy atom. The Kier molecular flexibility index (Phi) is 3.73. The van der Waals surface area contributed by atoms with E-state index in [1.54, 1.807) is 0 Å². The zero-order valence-electron chi connectivity index (χ0n) is 2.86. The standard InChI is InChI=1S/CH8OSi2/c2-1-4-3/h2H,1,4H2,3H3. The van der Waals surface area contributed by atoms with Crippen molar-refractivity contribution in [2.45, 2.75) is 0 Å². The van der Waals surface area contributed by atoms with Crippen LogP contribution in [0.1, 0.15) is 0 Å². The van der Waals surface area contributed by atoms with E-state index in [-0.39, 0.29) is 9.04 Å². The molecule has 0 aliphatic rings. The molecule has 1 nitrogen and oxygen atoms in total. The van der Waals surface area contributed by atoms with Gasteiger partial charge in [-0.15, -0.1) is 0 Å². The third-order valence-electron chi connectivity index (χ3n) is 0.224. The van der Waals surface area contributed by atoms with Crippen molar-refractivity contribution in [3.8, 4) is 0 Å². The second kappa shape index (κ2) is 3.39. The van der Waals surface area contributed by atoms with E-state index < -0.39 is 0 Å². The Morgan fingerprint density at radius 2 is 2.25 bits per heavy atom. The molecule has 0 aromatic heterocycles. The first-order valence-electron chi connectivity index (χ1n) is 1.52. The predicted molar refractivity (Wildman–Crippen MR) is 25.6 cm³/mol. The van der Waals surface area contributed by atoms with Gasteiger partial charge in [-0.1, -0.05) is 0 Å². The van der Waals surface area contributed by atoms with Gasteiger partial charge in [0.25, 0.3) is 0 Å². The van der Waals surface area contributed by atoms with Gasteiger partial charge in [-0.2, -0.15) is 0 Å². The SMILES string of the molecule is OC[SiH2][SiH3]. The van der Waals surface area contributed by atoms with Gasteiger partial charge in [-0.05, 0) is 9.76 Å². The minimum atomic E-state index is 0.119. The summed E-state index contributed by atoms with van der Waals surface area (Å²) in [5, 5.41) is 7.97. The Morgan fingerprint density at radius 1 is 2.00 bits per heavy atom. The van der Waals surface area contributed by atoms with E-state index in [1.807, 2.05) is 0 Å². The Bertz CT molecular complexity index is 8.00. The maximum absolute atomic E-state index is 7.97. The Hall–Kier alpha value is 0.394. The molecule has 0 bridgehead atoms. The average Bonchev–Trinajstić information content (AvgIpc) is 1.37. The second-order valence-electron chi connectivity index (χ2n) is 0.724. The third-order valence-corrected chi connectivity index (χ3v) is 2.01. The number of aliphatic hydroxyl groups excluding tert-OH is 1. The van der Waals surface area contributed by atoms with Crippen LogP contribution in [0.15, 0.2) is 0 Å². The van der Waals surface area contributed by atoms with Crippen LogP contribution in [0.3, 0.4) is 0 Å². The van der Waals surface area contributed by atoms with E-state index in [9.17, 15) is 0 Å². The van der Waals surface area contributed by atoms with Crippen LogP contribution in [0.5, 0.6) is 0 Å². The Balaban J connectivity index is 1.97. The van der Waals surface area contributed by atoms with E-state index >= 15 is 0 Å². The fraction of sp³-hybridized carbons (Fsp3) is 1.00. The summed E-state index contributed by atoms with van der Waals surface area (Å²) in [6.45, 7) is 0. The summed E-state index contributed by atoms with van der Waals surface area (Å²) in [4.78, 5) is 0. The molecule has 0 atom stereocenters. The number of hydrogen-bond donors (Lipinski definition) is 1. The number of hydrogen-bond acceptors (Lipinski definition) is 1. The molecule has 0 aliphatic heterocycles. The Labute approximate surface area is 31.1 Å². The molecule has 0 heterocycles. The summed E-state index contributed by atoms with van der Waals surface area (Å²) in [5.41, 5.74) is 0. The van der Waals surface area contributed by atoms with Gasteiger partial charge < -0.3 is 5.11 Å². The summed E-state index contributed by atoms with van der Waals surface area (Å²) >= 11 is 0. The van der Waals surface area contributed by atoms with E-state index in [2.05, 4.69) is 0 Å². The van der Waals surface area contributed by atoms with Crippen LogP contribution in [0.2, 0.25) is 0 Å². The minimum absolute atomic E-state index is 0.119. The number of rotatable bonds is 1. The lowest BCUT2D eigenvalue weighted by molar-refractivity contribution is 0.368. The van der Waals surface area contributed by atoms with Crippen molar-refractivity contribution in [2.75, 3.05) is 6.23 Å². The molecule has 0 radical (unpaired) electrons. The first-order valence-corrected chi connectivity index (χ1v) is 8.18. The van der Waals surface area contributed by atoms with Crippen molar-refractivity contribution in [3.63, 3.8) is 0 Å². The molecule has 0 aliphatic carbocycles. The van der Waals surface area contributed by atoms with E-state index in [0.29, 0.717) is 6.23 Å². The van der Waals surface area contributed by atoms with Crippen LogP contribution >= 0.6 is 0 Å². The number of aliphatic hydroxyl groups is 1. The van der Waals surface area contributed by atoms with Crippen LogP contribution < -0.4 is 0 Å². The molecular formula is CH8OSi2. The summed E-state index contributed by atoms with van der Waals surface area (Å²) in [7, 11) is 1.40. The van der Waals surface area contributed by atoms with Crippen molar-refractivity contribution < 1.29 is 5.11 Å². The maximum atomic E-state index is 7.97. The van der Waals surface area contributed by atoms with Crippen LogP contribution in [0, 0.1) is 0 Å². The van der Waals surface area contributed by atoms with Gasteiger partial charge in [0, 0.05) is 15.3 Å². The van der Waals surface area contributed by atoms with Gasteiger partial charge in [0.05, 0.1) is 0 Å². The van der Waals surface area contributed by atoms with Crippen LogP contribution in [0.25, 0.3) is 0 Å². The predicted octanol–water partition coefficient (Wildman–Crippen LogP) is -2.61.